The molecule has 1 aromatic carbocycles. The van der Waals surface area contributed by atoms with Crippen molar-refractivity contribution < 1.29 is 9.53 Å². The lowest BCUT2D eigenvalue weighted by atomic mass is 10.2. The summed E-state index contributed by atoms with van der Waals surface area (Å²) >= 11 is 5.85. The Balaban J connectivity index is 2.62. The number of rotatable bonds is 6. The zero-order chi connectivity index (χ0) is 13.5. The predicted octanol–water partition coefficient (Wildman–Crippen LogP) is 3.11. The molecule has 1 aromatic rings. The third kappa shape index (κ3) is 5.07. The molecule has 0 spiro atoms. The zero-order valence-corrected chi connectivity index (χ0v) is 11.9. The van der Waals surface area contributed by atoms with Crippen LogP contribution in [0.1, 0.15) is 26.3 Å². The second kappa shape index (κ2) is 7.39. The van der Waals surface area contributed by atoms with Gasteiger partial charge in [0.05, 0.1) is 13.2 Å². The van der Waals surface area contributed by atoms with Crippen molar-refractivity contribution in [1.82, 2.24) is 4.90 Å². The van der Waals surface area contributed by atoms with Gasteiger partial charge in [-0.2, -0.15) is 0 Å². The Bertz CT molecular complexity index is 376. The summed E-state index contributed by atoms with van der Waals surface area (Å²) in [5.74, 6) is -0.180. The van der Waals surface area contributed by atoms with Crippen LogP contribution in [0.2, 0.25) is 5.02 Å². The van der Waals surface area contributed by atoms with E-state index in [0.717, 1.165) is 10.6 Å². The molecule has 0 N–H and O–H groups in total. The summed E-state index contributed by atoms with van der Waals surface area (Å²) in [6.45, 7) is 7.40. The highest BCUT2D eigenvalue weighted by Crippen LogP contribution is 2.13. The standard InChI is InChI=1S/C14H20ClNO2/c1-4-18-14(17)10-16(11(2)3)9-12-5-7-13(15)8-6-12/h5-8,11H,4,9-10H2,1-3H3. The molecule has 1 rings (SSSR count). The van der Waals surface area contributed by atoms with E-state index in [-0.39, 0.29) is 12.0 Å². The second-order valence-electron chi connectivity index (χ2n) is 4.43. The van der Waals surface area contributed by atoms with Crippen LogP contribution in [-0.2, 0) is 16.1 Å². The molecule has 3 nitrogen and oxygen atoms in total. The van der Waals surface area contributed by atoms with Crippen LogP contribution in [-0.4, -0.2) is 30.1 Å². The summed E-state index contributed by atoms with van der Waals surface area (Å²) in [6.07, 6.45) is 0. The first-order chi connectivity index (χ1) is 8.52. The Morgan fingerprint density at radius 2 is 1.94 bits per heavy atom. The Hall–Kier alpha value is -1.06. The van der Waals surface area contributed by atoms with Gasteiger partial charge in [0.15, 0.2) is 0 Å². The van der Waals surface area contributed by atoms with Gasteiger partial charge in [-0.25, -0.2) is 0 Å². The van der Waals surface area contributed by atoms with Crippen LogP contribution >= 0.6 is 11.6 Å². The summed E-state index contributed by atoms with van der Waals surface area (Å²) in [7, 11) is 0. The monoisotopic (exact) mass is 269 g/mol. The Morgan fingerprint density at radius 3 is 2.44 bits per heavy atom. The molecule has 0 aliphatic rings. The molecule has 0 saturated heterocycles. The molecule has 0 heterocycles. The number of hydrogen-bond acceptors (Lipinski definition) is 3. The first-order valence-corrected chi connectivity index (χ1v) is 6.54. The number of ether oxygens (including phenoxy) is 1. The van der Waals surface area contributed by atoms with Crippen LogP contribution in [0.3, 0.4) is 0 Å². The third-order valence-corrected chi connectivity index (χ3v) is 2.92. The van der Waals surface area contributed by atoms with E-state index in [1.807, 2.05) is 31.2 Å². The number of carbonyl (C=O) groups excluding carboxylic acids is 1. The van der Waals surface area contributed by atoms with Crippen LogP contribution in [0.15, 0.2) is 24.3 Å². The van der Waals surface area contributed by atoms with E-state index in [4.69, 9.17) is 16.3 Å². The van der Waals surface area contributed by atoms with Crippen molar-refractivity contribution in [1.29, 1.82) is 0 Å². The number of nitrogens with zero attached hydrogens (tertiary/aromatic N) is 1. The summed E-state index contributed by atoms with van der Waals surface area (Å²) < 4.78 is 4.98. The van der Waals surface area contributed by atoms with E-state index in [0.29, 0.717) is 19.7 Å². The highest BCUT2D eigenvalue weighted by molar-refractivity contribution is 6.30. The molecule has 18 heavy (non-hydrogen) atoms. The van der Waals surface area contributed by atoms with Gasteiger partial charge in [0.25, 0.3) is 0 Å². The van der Waals surface area contributed by atoms with E-state index in [1.165, 1.54) is 0 Å². The van der Waals surface area contributed by atoms with Crippen molar-refractivity contribution in [3.63, 3.8) is 0 Å². The molecule has 4 heteroatoms. The molecular weight excluding hydrogens is 250 g/mol. The molecule has 100 valence electrons. The SMILES string of the molecule is CCOC(=O)CN(Cc1ccc(Cl)cc1)C(C)C. The van der Waals surface area contributed by atoms with Crippen LogP contribution < -0.4 is 0 Å². The number of hydrogen-bond donors (Lipinski definition) is 0. The summed E-state index contributed by atoms with van der Waals surface area (Å²) in [6, 6.07) is 7.95. The largest absolute Gasteiger partial charge is 0.465 e. The van der Waals surface area contributed by atoms with Gasteiger partial charge in [-0.15, -0.1) is 0 Å². The average molecular weight is 270 g/mol. The highest BCUT2D eigenvalue weighted by Gasteiger charge is 2.15. The maximum atomic E-state index is 11.5. The summed E-state index contributed by atoms with van der Waals surface area (Å²) in [5, 5.41) is 0.722. The van der Waals surface area contributed by atoms with Gasteiger partial charge in [0.2, 0.25) is 0 Å². The maximum Gasteiger partial charge on any atom is 0.320 e. The normalized spacial score (nSPS) is 11.0. The van der Waals surface area contributed by atoms with E-state index in [9.17, 15) is 4.79 Å². The Labute approximate surface area is 114 Å². The molecule has 0 amide bonds. The minimum absolute atomic E-state index is 0.180. The lowest BCUT2D eigenvalue weighted by Crippen LogP contribution is -2.35. The summed E-state index contributed by atoms with van der Waals surface area (Å²) in [5.41, 5.74) is 1.14. The molecule has 0 saturated carbocycles. The first-order valence-electron chi connectivity index (χ1n) is 6.17. The van der Waals surface area contributed by atoms with Gasteiger partial charge in [0.1, 0.15) is 0 Å². The number of esters is 1. The molecule has 0 atom stereocenters. The predicted molar refractivity (Wildman–Crippen MR) is 73.6 cm³/mol. The molecule has 0 fully saturated rings. The van der Waals surface area contributed by atoms with Crippen molar-refractivity contribution in [2.45, 2.75) is 33.4 Å². The Morgan fingerprint density at radius 1 is 1.33 bits per heavy atom. The van der Waals surface area contributed by atoms with E-state index >= 15 is 0 Å². The maximum absolute atomic E-state index is 11.5. The van der Waals surface area contributed by atoms with Crippen molar-refractivity contribution in [2.75, 3.05) is 13.2 Å². The fraction of sp³-hybridized carbons (Fsp3) is 0.500. The average Bonchev–Trinajstić information content (AvgIpc) is 2.31. The molecule has 0 radical (unpaired) electrons. The van der Waals surface area contributed by atoms with E-state index < -0.39 is 0 Å². The van der Waals surface area contributed by atoms with E-state index in [2.05, 4.69) is 18.7 Å². The van der Waals surface area contributed by atoms with Crippen molar-refractivity contribution in [3.8, 4) is 0 Å². The van der Waals surface area contributed by atoms with Gasteiger partial charge < -0.3 is 4.74 Å². The van der Waals surface area contributed by atoms with Gasteiger partial charge in [0, 0.05) is 17.6 Å². The highest BCUT2D eigenvalue weighted by atomic mass is 35.5. The van der Waals surface area contributed by atoms with Gasteiger partial charge in [-0.3, -0.25) is 9.69 Å². The minimum atomic E-state index is -0.180. The van der Waals surface area contributed by atoms with Crippen molar-refractivity contribution in [2.24, 2.45) is 0 Å². The van der Waals surface area contributed by atoms with Crippen molar-refractivity contribution in [3.05, 3.63) is 34.9 Å². The van der Waals surface area contributed by atoms with Gasteiger partial charge >= 0.3 is 5.97 Å². The number of halogens is 1. The van der Waals surface area contributed by atoms with E-state index in [1.54, 1.807) is 0 Å². The lowest BCUT2D eigenvalue weighted by Gasteiger charge is -2.25. The lowest BCUT2D eigenvalue weighted by molar-refractivity contribution is -0.145. The van der Waals surface area contributed by atoms with Gasteiger partial charge in [-0.05, 0) is 38.5 Å². The van der Waals surface area contributed by atoms with Crippen LogP contribution in [0.4, 0.5) is 0 Å². The smallest absolute Gasteiger partial charge is 0.320 e. The fourth-order valence-electron chi connectivity index (χ4n) is 1.62. The molecular formula is C14H20ClNO2. The fourth-order valence-corrected chi connectivity index (χ4v) is 1.74. The first kappa shape index (κ1) is 15.0. The third-order valence-electron chi connectivity index (χ3n) is 2.67. The second-order valence-corrected chi connectivity index (χ2v) is 4.87. The van der Waals surface area contributed by atoms with Crippen LogP contribution in [0, 0.1) is 0 Å². The number of carbonyl (C=O) groups is 1. The minimum Gasteiger partial charge on any atom is -0.465 e. The van der Waals surface area contributed by atoms with Crippen molar-refractivity contribution >= 4 is 17.6 Å². The molecule has 0 bridgehead atoms. The zero-order valence-electron chi connectivity index (χ0n) is 11.1. The number of benzene rings is 1. The molecule has 0 unspecified atom stereocenters. The van der Waals surface area contributed by atoms with Gasteiger partial charge in [-0.1, -0.05) is 23.7 Å². The quantitative estimate of drug-likeness (QED) is 0.743. The van der Waals surface area contributed by atoms with Crippen LogP contribution in [0.5, 0.6) is 0 Å². The topological polar surface area (TPSA) is 29.5 Å². The Kier molecular flexibility index (Phi) is 6.16. The summed E-state index contributed by atoms with van der Waals surface area (Å²) in [4.78, 5) is 13.6. The molecule has 0 aromatic heterocycles. The molecule has 0 aliphatic heterocycles. The van der Waals surface area contributed by atoms with Crippen LogP contribution in [0.25, 0.3) is 0 Å². The molecule has 0 aliphatic carbocycles.